The highest BCUT2D eigenvalue weighted by molar-refractivity contribution is 5.76. The molecule has 0 aromatic heterocycles. The first-order valence-electron chi connectivity index (χ1n) is 6.33. The monoisotopic (exact) mass is 260 g/mol. The van der Waals surface area contributed by atoms with Crippen molar-refractivity contribution in [3.05, 3.63) is 0 Å². The molecule has 0 fully saturated rings. The number of rotatable bonds is 11. The molecule has 0 rings (SSSR count). The van der Waals surface area contributed by atoms with Gasteiger partial charge < -0.3 is 20.1 Å². The molecule has 6 heteroatoms. The van der Waals surface area contributed by atoms with E-state index in [1.54, 1.807) is 0 Å². The zero-order chi connectivity index (χ0) is 13.6. The highest BCUT2D eigenvalue weighted by atomic mass is 16.5. The van der Waals surface area contributed by atoms with Gasteiger partial charge in [-0.2, -0.15) is 0 Å². The first-order chi connectivity index (χ1) is 8.66. The Morgan fingerprint density at radius 3 is 2.17 bits per heavy atom. The molecule has 0 aliphatic rings. The molecule has 2 N–H and O–H groups in total. The molecule has 0 heterocycles. The van der Waals surface area contributed by atoms with E-state index in [2.05, 4.69) is 10.6 Å². The molecule has 0 saturated heterocycles. The van der Waals surface area contributed by atoms with Crippen LogP contribution in [0.25, 0.3) is 0 Å². The average Bonchev–Trinajstić information content (AvgIpc) is 2.33. The zero-order valence-electron chi connectivity index (χ0n) is 11.3. The van der Waals surface area contributed by atoms with E-state index in [0.29, 0.717) is 39.3 Å². The van der Waals surface area contributed by atoms with Crippen LogP contribution < -0.4 is 10.6 Å². The van der Waals surface area contributed by atoms with Crippen LogP contribution in [0.15, 0.2) is 0 Å². The van der Waals surface area contributed by atoms with Crippen LogP contribution in [0.4, 0.5) is 0 Å². The molecule has 0 radical (unpaired) electrons. The number of carbonyl (C=O) groups is 2. The fraction of sp³-hybridized carbons (Fsp3) is 0.833. The summed E-state index contributed by atoms with van der Waals surface area (Å²) in [6.45, 7) is 6.60. The SMILES string of the molecule is CCCOCCOCCC(=O)NCCNC(C)=O. The van der Waals surface area contributed by atoms with Crippen LogP contribution in [0, 0.1) is 0 Å². The van der Waals surface area contributed by atoms with Crippen LogP contribution >= 0.6 is 0 Å². The number of nitrogens with one attached hydrogen (secondary N) is 2. The molecule has 0 bridgehead atoms. The van der Waals surface area contributed by atoms with Gasteiger partial charge in [0.1, 0.15) is 0 Å². The Hall–Kier alpha value is -1.14. The fourth-order valence-electron chi connectivity index (χ4n) is 1.16. The van der Waals surface area contributed by atoms with E-state index in [4.69, 9.17) is 9.47 Å². The third kappa shape index (κ3) is 12.9. The zero-order valence-corrected chi connectivity index (χ0v) is 11.3. The highest BCUT2D eigenvalue weighted by Gasteiger charge is 2.00. The van der Waals surface area contributed by atoms with Gasteiger partial charge >= 0.3 is 0 Å². The molecule has 2 amide bonds. The van der Waals surface area contributed by atoms with Gasteiger partial charge in [-0.25, -0.2) is 0 Å². The largest absolute Gasteiger partial charge is 0.379 e. The summed E-state index contributed by atoms with van der Waals surface area (Å²) in [6.07, 6.45) is 1.32. The van der Waals surface area contributed by atoms with E-state index >= 15 is 0 Å². The first-order valence-corrected chi connectivity index (χ1v) is 6.33. The molecule has 6 nitrogen and oxygen atoms in total. The second-order valence-corrected chi connectivity index (χ2v) is 3.81. The van der Waals surface area contributed by atoms with Crippen molar-refractivity contribution in [2.24, 2.45) is 0 Å². The third-order valence-electron chi connectivity index (χ3n) is 2.02. The summed E-state index contributed by atoms with van der Waals surface area (Å²) in [5, 5.41) is 5.28. The van der Waals surface area contributed by atoms with Crippen molar-refractivity contribution in [3.8, 4) is 0 Å². The van der Waals surface area contributed by atoms with Gasteiger partial charge in [0.05, 0.1) is 19.8 Å². The number of ether oxygens (including phenoxy) is 2. The summed E-state index contributed by atoms with van der Waals surface area (Å²) in [4.78, 5) is 21.8. The van der Waals surface area contributed by atoms with E-state index < -0.39 is 0 Å². The van der Waals surface area contributed by atoms with Crippen LogP contribution in [0.1, 0.15) is 26.7 Å². The second kappa shape index (κ2) is 12.3. The predicted molar refractivity (Wildman–Crippen MR) is 68.2 cm³/mol. The summed E-state index contributed by atoms with van der Waals surface area (Å²) in [6, 6.07) is 0. The normalized spacial score (nSPS) is 10.1. The number of carbonyl (C=O) groups excluding carboxylic acids is 2. The second-order valence-electron chi connectivity index (χ2n) is 3.81. The van der Waals surface area contributed by atoms with Gasteiger partial charge in [0.15, 0.2) is 0 Å². The Kier molecular flexibility index (Phi) is 11.5. The summed E-state index contributed by atoms with van der Waals surface area (Å²) < 4.78 is 10.5. The van der Waals surface area contributed by atoms with Crippen LogP contribution in [0.2, 0.25) is 0 Å². The minimum Gasteiger partial charge on any atom is -0.379 e. The van der Waals surface area contributed by atoms with E-state index in [9.17, 15) is 9.59 Å². The van der Waals surface area contributed by atoms with Crippen molar-refractivity contribution in [1.82, 2.24) is 10.6 Å². The molecular formula is C12H24N2O4. The highest BCUT2D eigenvalue weighted by Crippen LogP contribution is 1.85. The Labute approximate surface area is 108 Å². The quantitative estimate of drug-likeness (QED) is 0.516. The molecule has 0 saturated carbocycles. The molecule has 18 heavy (non-hydrogen) atoms. The standard InChI is InChI=1S/C12H24N2O4/c1-3-7-17-9-10-18-8-4-12(16)14-6-5-13-11(2)15/h3-10H2,1-2H3,(H,13,15)(H,14,16). The van der Waals surface area contributed by atoms with E-state index in [0.717, 1.165) is 13.0 Å². The lowest BCUT2D eigenvalue weighted by Crippen LogP contribution is -2.34. The Morgan fingerprint density at radius 2 is 1.56 bits per heavy atom. The molecule has 0 atom stereocenters. The van der Waals surface area contributed by atoms with Gasteiger partial charge in [-0.1, -0.05) is 6.92 Å². The van der Waals surface area contributed by atoms with Gasteiger partial charge in [-0.15, -0.1) is 0 Å². The van der Waals surface area contributed by atoms with Crippen LogP contribution in [-0.2, 0) is 19.1 Å². The Morgan fingerprint density at radius 1 is 0.944 bits per heavy atom. The van der Waals surface area contributed by atoms with Crippen molar-refractivity contribution in [2.45, 2.75) is 26.7 Å². The van der Waals surface area contributed by atoms with Crippen molar-refractivity contribution in [1.29, 1.82) is 0 Å². The maximum Gasteiger partial charge on any atom is 0.222 e. The lowest BCUT2D eigenvalue weighted by molar-refractivity contribution is -0.123. The Bertz CT molecular complexity index is 234. The van der Waals surface area contributed by atoms with Gasteiger partial charge in [-0.3, -0.25) is 9.59 Å². The summed E-state index contributed by atoms with van der Waals surface area (Å²) in [7, 11) is 0. The molecule has 0 aromatic carbocycles. The third-order valence-corrected chi connectivity index (χ3v) is 2.02. The maximum atomic E-state index is 11.3. The molecule has 0 aromatic rings. The van der Waals surface area contributed by atoms with Gasteiger partial charge in [0.2, 0.25) is 11.8 Å². The van der Waals surface area contributed by atoms with Crippen LogP contribution in [0.3, 0.4) is 0 Å². The van der Waals surface area contributed by atoms with Crippen molar-refractivity contribution in [2.75, 3.05) is 39.5 Å². The van der Waals surface area contributed by atoms with Gasteiger partial charge in [-0.05, 0) is 6.42 Å². The molecular weight excluding hydrogens is 236 g/mol. The fourth-order valence-corrected chi connectivity index (χ4v) is 1.16. The minimum atomic E-state index is -0.0975. The topological polar surface area (TPSA) is 76.7 Å². The number of hydrogen-bond acceptors (Lipinski definition) is 4. The van der Waals surface area contributed by atoms with Gasteiger partial charge in [0.25, 0.3) is 0 Å². The van der Waals surface area contributed by atoms with Crippen LogP contribution in [0.5, 0.6) is 0 Å². The number of hydrogen-bond donors (Lipinski definition) is 2. The summed E-state index contributed by atoms with van der Waals surface area (Å²) in [5.74, 6) is -0.172. The summed E-state index contributed by atoms with van der Waals surface area (Å²) >= 11 is 0. The van der Waals surface area contributed by atoms with Gasteiger partial charge in [0, 0.05) is 33.0 Å². The molecule has 0 aliphatic carbocycles. The lowest BCUT2D eigenvalue weighted by atomic mass is 10.4. The smallest absolute Gasteiger partial charge is 0.222 e. The van der Waals surface area contributed by atoms with E-state index in [-0.39, 0.29) is 11.8 Å². The molecule has 0 unspecified atom stereocenters. The maximum absolute atomic E-state index is 11.3. The predicted octanol–water partition coefficient (Wildman–Crippen LogP) is 0.0720. The average molecular weight is 260 g/mol. The minimum absolute atomic E-state index is 0.0742. The van der Waals surface area contributed by atoms with E-state index in [1.807, 2.05) is 6.92 Å². The molecule has 0 spiro atoms. The molecule has 106 valence electrons. The van der Waals surface area contributed by atoms with Crippen molar-refractivity contribution < 1.29 is 19.1 Å². The lowest BCUT2D eigenvalue weighted by Gasteiger charge is -2.06. The number of amides is 2. The first kappa shape index (κ1) is 16.9. The van der Waals surface area contributed by atoms with Crippen LogP contribution in [-0.4, -0.2) is 51.3 Å². The van der Waals surface area contributed by atoms with Crippen molar-refractivity contribution in [3.63, 3.8) is 0 Å². The summed E-state index contributed by atoms with van der Waals surface area (Å²) in [5.41, 5.74) is 0. The Balaban J connectivity index is 3.19. The van der Waals surface area contributed by atoms with E-state index in [1.165, 1.54) is 6.92 Å². The molecule has 0 aliphatic heterocycles. The van der Waals surface area contributed by atoms with Crippen molar-refractivity contribution >= 4 is 11.8 Å².